The first-order valence-corrected chi connectivity index (χ1v) is 12.2. The highest BCUT2D eigenvalue weighted by molar-refractivity contribution is 5.87. The molecule has 0 aromatic heterocycles. The van der Waals surface area contributed by atoms with Crippen LogP contribution in [-0.2, 0) is 19.1 Å². The number of carboxylic acids is 1. The summed E-state index contributed by atoms with van der Waals surface area (Å²) in [6.07, 6.45) is -0.0292. The van der Waals surface area contributed by atoms with Crippen LogP contribution in [0, 0.1) is 11.8 Å². The molecule has 2 aromatic rings. The average molecular weight is 479 g/mol. The van der Waals surface area contributed by atoms with Crippen molar-refractivity contribution in [2.24, 2.45) is 11.8 Å². The summed E-state index contributed by atoms with van der Waals surface area (Å²) in [4.78, 5) is 38.7. The highest BCUT2D eigenvalue weighted by Gasteiger charge is 2.45. The van der Waals surface area contributed by atoms with Gasteiger partial charge in [0.15, 0.2) is 0 Å². The number of hydrogen-bond donors (Lipinski definition) is 2. The molecule has 2 aliphatic heterocycles. The van der Waals surface area contributed by atoms with E-state index in [2.05, 4.69) is 29.6 Å². The van der Waals surface area contributed by atoms with Crippen molar-refractivity contribution >= 4 is 18.0 Å². The first-order valence-electron chi connectivity index (χ1n) is 12.2. The molecule has 2 unspecified atom stereocenters. The molecule has 2 N–H and O–H groups in total. The Morgan fingerprint density at radius 2 is 1.71 bits per heavy atom. The van der Waals surface area contributed by atoms with Crippen LogP contribution >= 0.6 is 0 Å². The molecule has 5 rings (SSSR count). The second kappa shape index (κ2) is 9.70. The van der Waals surface area contributed by atoms with Crippen molar-refractivity contribution in [3.8, 4) is 11.1 Å². The predicted octanol–water partition coefficient (Wildman–Crippen LogP) is 3.25. The number of alkyl carbamates (subject to hydrolysis) is 1. The first-order chi connectivity index (χ1) is 17.0. The number of amides is 2. The van der Waals surface area contributed by atoms with Crippen molar-refractivity contribution < 1.29 is 29.0 Å². The van der Waals surface area contributed by atoms with Gasteiger partial charge < -0.3 is 24.8 Å². The van der Waals surface area contributed by atoms with Crippen LogP contribution < -0.4 is 5.32 Å². The molecule has 0 radical (unpaired) electrons. The summed E-state index contributed by atoms with van der Waals surface area (Å²) in [6.45, 7) is 3.10. The lowest BCUT2D eigenvalue weighted by molar-refractivity contribution is -0.154. The molecule has 2 amide bonds. The quantitative estimate of drug-likeness (QED) is 0.660. The van der Waals surface area contributed by atoms with Gasteiger partial charge in [-0.25, -0.2) is 9.59 Å². The number of rotatable bonds is 6. The second-order valence-electron chi connectivity index (χ2n) is 9.63. The summed E-state index contributed by atoms with van der Waals surface area (Å²) in [7, 11) is 0. The minimum Gasteiger partial charge on any atom is -0.480 e. The predicted molar refractivity (Wildman–Crippen MR) is 128 cm³/mol. The zero-order chi connectivity index (χ0) is 24.5. The molecule has 35 heavy (non-hydrogen) atoms. The number of ether oxygens (including phenoxy) is 2. The summed E-state index contributed by atoms with van der Waals surface area (Å²) in [5, 5.41) is 12.3. The lowest BCUT2D eigenvalue weighted by atomic mass is 9.98. The van der Waals surface area contributed by atoms with Gasteiger partial charge in [-0.05, 0) is 41.0 Å². The molecule has 8 nitrogen and oxygen atoms in total. The molecular formula is C27H30N2O6. The van der Waals surface area contributed by atoms with Crippen LogP contribution in [0.1, 0.15) is 36.8 Å². The van der Waals surface area contributed by atoms with Gasteiger partial charge in [0.2, 0.25) is 0 Å². The van der Waals surface area contributed by atoms with Gasteiger partial charge in [-0.2, -0.15) is 0 Å². The van der Waals surface area contributed by atoms with E-state index in [-0.39, 0.29) is 36.8 Å². The van der Waals surface area contributed by atoms with Gasteiger partial charge in [-0.3, -0.25) is 4.79 Å². The van der Waals surface area contributed by atoms with Crippen molar-refractivity contribution in [3.05, 3.63) is 59.7 Å². The van der Waals surface area contributed by atoms with Crippen LogP contribution in [0.25, 0.3) is 11.1 Å². The Morgan fingerprint density at radius 3 is 2.37 bits per heavy atom. The number of aliphatic carboxylic acids is 1. The minimum absolute atomic E-state index is 0.0256. The molecular weight excluding hydrogens is 448 g/mol. The largest absolute Gasteiger partial charge is 0.480 e. The van der Waals surface area contributed by atoms with Gasteiger partial charge in [-0.15, -0.1) is 0 Å². The smallest absolute Gasteiger partial charge is 0.407 e. The van der Waals surface area contributed by atoms with E-state index in [9.17, 15) is 19.5 Å². The van der Waals surface area contributed by atoms with Crippen molar-refractivity contribution in [2.75, 3.05) is 26.3 Å². The van der Waals surface area contributed by atoms with Crippen LogP contribution in [0.15, 0.2) is 48.5 Å². The molecule has 2 aromatic carbocycles. The van der Waals surface area contributed by atoms with Crippen molar-refractivity contribution in [1.82, 2.24) is 10.2 Å². The Labute approximate surface area is 204 Å². The number of likely N-dealkylation sites (tertiary alicyclic amines) is 1. The van der Waals surface area contributed by atoms with Gasteiger partial charge >= 0.3 is 12.1 Å². The highest BCUT2D eigenvalue weighted by atomic mass is 16.5. The number of hydrogen-bond acceptors (Lipinski definition) is 5. The number of nitrogens with one attached hydrogen (secondary N) is 1. The van der Waals surface area contributed by atoms with Crippen LogP contribution in [0.5, 0.6) is 0 Å². The zero-order valence-corrected chi connectivity index (χ0v) is 19.7. The maximum atomic E-state index is 13.1. The zero-order valence-electron chi connectivity index (χ0n) is 19.7. The molecule has 1 aliphatic carbocycles. The lowest BCUT2D eigenvalue weighted by Gasteiger charge is -2.28. The molecule has 0 saturated carbocycles. The fourth-order valence-electron chi connectivity index (χ4n) is 5.71. The number of benzene rings is 2. The van der Waals surface area contributed by atoms with Gasteiger partial charge in [0.25, 0.3) is 5.91 Å². The molecule has 8 heteroatoms. The maximum absolute atomic E-state index is 13.1. The number of carboxylic acid groups (broad SMARTS) is 1. The molecule has 0 bridgehead atoms. The molecule has 4 atom stereocenters. The Hall–Kier alpha value is -3.39. The van der Waals surface area contributed by atoms with Gasteiger partial charge in [0.1, 0.15) is 18.8 Å². The second-order valence-corrected chi connectivity index (χ2v) is 9.63. The Bertz CT molecular complexity index is 1090. The van der Waals surface area contributed by atoms with Gasteiger partial charge in [0.05, 0.1) is 0 Å². The van der Waals surface area contributed by atoms with E-state index in [1.54, 1.807) is 0 Å². The maximum Gasteiger partial charge on any atom is 0.407 e. The van der Waals surface area contributed by atoms with E-state index in [0.29, 0.717) is 26.0 Å². The molecule has 3 aliphatic rings. The topological polar surface area (TPSA) is 105 Å². The molecule has 184 valence electrons. The summed E-state index contributed by atoms with van der Waals surface area (Å²) in [5.74, 6) is -1.65. The monoisotopic (exact) mass is 478 g/mol. The average Bonchev–Trinajstić information content (AvgIpc) is 3.57. The summed E-state index contributed by atoms with van der Waals surface area (Å²) < 4.78 is 11.3. The van der Waals surface area contributed by atoms with Gasteiger partial charge in [0, 0.05) is 31.5 Å². The summed E-state index contributed by atoms with van der Waals surface area (Å²) in [6, 6.07) is 15.5. The van der Waals surface area contributed by atoms with Crippen LogP contribution in [0.4, 0.5) is 4.79 Å². The van der Waals surface area contributed by atoms with E-state index < -0.39 is 24.2 Å². The van der Waals surface area contributed by atoms with Gasteiger partial charge in [-0.1, -0.05) is 55.5 Å². The number of carbonyl (C=O) groups excluding carboxylic acids is 2. The summed E-state index contributed by atoms with van der Waals surface area (Å²) in [5.41, 5.74) is 4.61. The number of fused-ring (bicyclic) bond motifs is 3. The van der Waals surface area contributed by atoms with E-state index in [0.717, 1.165) is 22.3 Å². The van der Waals surface area contributed by atoms with Crippen LogP contribution in [-0.4, -0.2) is 66.4 Å². The lowest BCUT2D eigenvalue weighted by Crippen LogP contribution is -2.49. The Morgan fingerprint density at radius 1 is 1.06 bits per heavy atom. The molecule has 2 saturated heterocycles. The fourth-order valence-corrected chi connectivity index (χ4v) is 5.71. The number of carbonyl (C=O) groups is 3. The fraction of sp³-hybridized carbons (Fsp3) is 0.444. The van der Waals surface area contributed by atoms with Crippen molar-refractivity contribution in [2.45, 2.75) is 37.8 Å². The minimum atomic E-state index is -0.991. The third-order valence-electron chi connectivity index (χ3n) is 7.55. The third-order valence-corrected chi connectivity index (χ3v) is 7.55. The summed E-state index contributed by atoms with van der Waals surface area (Å²) >= 11 is 0. The normalized spacial score (nSPS) is 25.2. The van der Waals surface area contributed by atoms with Crippen LogP contribution in [0.3, 0.4) is 0 Å². The molecule has 0 spiro atoms. The van der Waals surface area contributed by atoms with Crippen molar-refractivity contribution in [3.63, 3.8) is 0 Å². The van der Waals surface area contributed by atoms with E-state index in [1.807, 2.05) is 31.2 Å². The van der Waals surface area contributed by atoms with E-state index in [4.69, 9.17) is 9.47 Å². The SMILES string of the molecule is CC1CCN(C(=O)[C@@H]2OCC[C@@H]2CNC(=O)OCC2c3ccccc3-c3ccccc32)C1C(=O)O. The Balaban J connectivity index is 1.17. The number of nitrogens with zero attached hydrogens (tertiary/aromatic N) is 1. The first kappa shape index (κ1) is 23.4. The molecule has 2 heterocycles. The van der Waals surface area contributed by atoms with E-state index in [1.165, 1.54) is 4.90 Å². The van der Waals surface area contributed by atoms with Crippen LogP contribution in [0.2, 0.25) is 0 Å². The molecule has 2 fully saturated rings. The third kappa shape index (κ3) is 4.38. The van der Waals surface area contributed by atoms with Crippen molar-refractivity contribution in [1.29, 1.82) is 0 Å². The standard InChI is InChI=1S/C27H30N2O6/c1-16-10-12-29(23(16)26(31)32)25(30)24-17(11-13-34-24)14-28-27(33)35-15-22-20-8-4-2-6-18(20)19-7-3-5-9-21(19)22/h2-9,16-17,22-24H,10-15H2,1H3,(H,28,33)(H,31,32)/t16?,17-,23?,24-/m1/s1. The Kier molecular flexibility index (Phi) is 6.47. The highest BCUT2D eigenvalue weighted by Crippen LogP contribution is 2.44. The van der Waals surface area contributed by atoms with E-state index >= 15 is 0 Å².